The van der Waals surface area contributed by atoms with E-state index in [1.54, 1.807) is 24.3 Å². The van der Waals surface area contributed by atoms with Crippen molar-refractivity contribution in [2.24, 2.45) is 0 Å². The minimum Gasteiger partial charge on any atom is -0.497 e. The lowest BCUT2D eigenvalue weighted by atomic mass is 10.2. The van der Waals surface area contributed by atoms with Gasteiger partial charge in [0.15, 0.2) is 6.61 Å². The Kier molecular flexibility index (Phi) is 7.60. The van der Waals surface area contributed by atoms with Gasteiger partial charge in [-0.15, -0.1) is 0 Å². The second kappa shape index (κ2) is 9.92. The van der Waals surface area contributed by atoms with Crippen molar-refractivity contribution in [3.05, 3.63) is 54.1 Å². The summed E-state index contributed by atoms with van der Waals surface area (Å²) in [5, 5.41) is 2.68. The molecule has 1 unspecified atom stereocenters. The molecule has 0 aliphatic rings. The monoisotopic (exact) mass is 420 g/mol. The summed E-state index contributed by atoms with van der Waals surface area (Å²) in [5.74, 6) is -0.612. The van der Waals surface area contributed by atoms with Crippen LogP contribution in [0.15, 0.2) is 53.4 Å². The summed E-state index contributed by atoms with van der Waals surface area (Å²) in [6.45, 7) is 3.32. The molecular weight excluding hydrogens is 396 g/mol. The highest BCUT2D eigenvalue weighted by atomic mass is 32.2. The molecule has 8 nitrogen and oxygen atoms in total. The molecule has 0 spiro atoms. The van der Waals surface area contributed by atoms with Crippen LogP contribution in [0.4, 0.5) is 5.69 Å². The summed E-state index contributed by atoms with van der Waals surface area (Å²) in [7, 11) is -2.41. The molecule has 2 rings (SSSR count). The predicted octanol–water partition coefficient (Wildman–Crippen LogP) is 2.57. The van der Waals surface area contributed by atoms with E-state index in [0.29, 0.717) is 11.4 Å². The molecule has 1 amide bonds. The Morgan fingerprint density at radius 3 is 2.41 bits per heavy atom. The highest BCUT2D eigenvalue weighted by Gasteiger charge is 2.18. The van der Waals surface area contributed by atoms with Gasteiger partial charge in [-0.05, 0) is 55.8 Å². The van der Waals surface area contributed by atoms with Gasteiger partial charge in [0, 0.05) is 11.7 Å². The first-order valence-corrected chi connectivity index (χ1v) is 10.5. The summed E-state index contributed by atoms with van der Waals surface area (Å²) in [6.07, 6.45) is 0.751. The van der Waals surface area contributed by atoms with Crippen molar-refractivity contribution in [1.82, 2.24) is 5.32 Å². The lowest BCUT2D eigenvalue weighted by molar-refractivity contribution is -0.124. The Morgan fingerprint density at radius 2 is 1.79 bits per heavy atom. The average Bonchev–Trinajstić information content (AvgIpc) is 2.72. The fourth-order valence-electron chi connectivity index (χ4n) is 2.30. The zero-order chi connectivity index (χ0) is 21.4. The number of carbonyl (C=O) groups excluding carboxylic acids is 2. The van der Waals surface area contributed by atoms with E-state index in [9.17, 15) is 18.0 Å². The number of methoxy groups -OCH3 is 1. The standard InChI is InChI=1S/C20H24N2O6S/c1-4-14(2)21-19(23)13-28-20(24)15-6-5-7-18(12-15)29(25,26)22-16-8-10-17(27-3)11-9-16/h5-12,14,22H,4,13H2,1-3H3,(H,21,23). The van der Waals surface area contributed by atoms with Crippen LogP contribution in [0, 0.1) is 0 Å². The fraction of sp³-hybridized carbons (Fsp3) is 0.300. The number of anilines is 1. The number of nitrogens with one attached hydrogen (secondary N) is 2. The van der Waals surface area contributed by atoms with Gasteiger partial charge in [0.05, 0.1) is 17.6 Å². The topological polar surface area (TPSA) is 111 Å². The molecule has 0 saturated heterocycles. The number of sulfonamides is 1. The number of rotatable bonds is 9. The first kappa shape index (κ1) is 22.2. The molecule has 29 heavy (non-hydrogen) atoms. The van der Waals surface area contributed by atoms with Crippen molar-refractivity contribution in [2.75, 3.05) is 18.4 Å². The van der Waals surface area contributed by atoms with E-state index in [1.807, 2.05) is 13.8 Å². The predicted molar refractivity (Wildman–Crippen MR) is 108 cm³/mol. The zero-order valence-electron chi connectivity index (χ0n) is 16.5. The van der Waals surface area contributed by atoms with Gasteiger partial charge in [0.25, 0.3) is 15.9 Å². The van der Waals surface area contributed by atoms with Crippen LogP contribution in [0.1, 0.15) is 30.6 Å². The SMILES string of the molecule is CCC(C)NC(=O)COC(=O)c1cccc(S(=O)(=O)Nc2ccc(OC)cc2)c1. The molecule has 2 N–H and O–H groups in total. The van der Waals surface area contributed by atoms with Crippen molar-refractivity contribution in [1.29, 1.82) is 0 Å². The number of hydrogen-bond acceptors (Lipinski definition) is 6. The molecule has 0 bridgehead atoms. The van der Waals surface area contributed by atoms with Gasteiger partial charge in [0.1, 0.15) is 5.75 Å². The third-order valence-corrected chi connectivity index (χ3v) is 5.46. The molecule has 0 radical (unpaired) electrons. The maximum absolute atomic E-state index is 12.6. The van der Waals surface area contributed by atoms with E-state index in [-0.39, 0.29) is 16.5 Å². The molecular formula is C20H24N2O6S. The van der Waals surface area contributed by atoms with Gasteiger partial charge >= 0.3 is 5.97 Å². The number of carbonyl (C=O) groups is 2. The maximum Gasteiger partial charge on any atom is 0.338 e. The van der Waals surface area contributed by atoms with E-state index >= 15 is 0 Å². The van der Waals surface area contributed by atoms with Gasteiger partial charge in [0.2, 0.25) is 0 Å². The van der Waals surface area contributed by atoms with E-state index in [0.717, 1.165) is 6.42 Å². The highest BCUT2D eigenvalue weighted by molar-refractivity contribution is 7.92. The number of ether oxygens (including phenoxy) is 2. The van der Waals surface area contributed by atoms with E-state index < -0.39 is 28.5 Å². The first-order chi connectivity index (χ1) is 13.7. The molecule has 156 valence electrons. The summed E-state index contributed by atoms with van der Waals surface area (Å²) < 4.78 is 37.6. The normalized spacial score (nSPS) is 12.0. The Morgan fingerprint density at radius 1 is 1.10 bits per heavy atom. The number of hydrogen-bond donors (Lipinski definition) is 2. The molecule has 0 heterocycles. The minimum atomic E-state index is -3.92. The quantitative estimate of drug-likeness (QED) is 0.603. The summed E-state index contributed by atoms with van der Waals surface area (Å²) in [5.41, 5.74) is 0.374. The summed E-state index contributed by atoms with van der Waals surface area (Å²) >= 11 is 0. The van der Waals surface area contributed by atoms with E-state index in [4.69, 9.17) is 9.47 Å². The molecule has 0 aliphatic heterocycles. The third kappa shape index (κ3) is 6.49. The van der Waals surface area contributed by atoms with Crippen LogP contribution in [0.2, 0.25) is 0 Å². The second-order valence-electron chi connectivity index (χ2n) is 6.31. The largest absolute Gasteiger partial charge is 0.497 e. The zero-order valence-corrected chi connectivity index (χ0v) is 17.3. The Hall–Kier alpha value is -3.07. The Labute approximate surface area is 170 Å². The van der Waals surface area contributed by atoms with E-state index in [2.05, 4.69) is 10.0 Å². The van der Waals surface area contributed by atoms with Crippen LogP contribution in [-0.2, 0) is 19.6 Å². The van der Waals surface area contributed by atoms with Crippen molar-refractivity contribution >= 4 is 27.6 Å². The third-order valence-electron chi connectivity index (χ3n) is 4.08. The van der Waals surface area contributed by atoms with Crippen molar-refractivity contribution in [3.63, 3.8) is 0 Å². The second-order valence-corrected chi connectivity index (χ2v) is 8.00. The summed E-state index contributed by atoms with van der Waals surface area (Å²) in [6, 6.07) is 11.7. The Bertz CT molecular complexity index is 957. The van der Waals surface area contributed by atoms with Crippen LogP contribution in [0.25, 0.3) is 0 Å². The average molecular weight is 420 g/mol. The van der Waals surface area contributed by atoms with Crippen LogP contribution in [0.5, 0.6) is 5.75 Å². The smallest absolute Gasteiger partial charge is 0.338 e. The lowest BCUT2D eigenvalue weighted by Gasteiger charge is -2.12. The fourth-order valence-corrected chi connectivity index (χ4v) is 3.40. The molecule has 0 fully saturated rings. The minimum absolute atomic E-state index is 0.0268. The molecule has 1 atom stereocenters. The van der Waals surface area contributed by atoms with Crippen LogP contribution in [-0.4, -0.2) is 40.1 Å². The van der Waals surface area contributed by atoms with Gasteiger partial charge < -0.3 is 14.8 Å². The summed E-state index contributed by atoms with van der Waals surface area (Å²) in [4.78, 5) is 23.8. The van der Waals surface area contributed by atoms with Gasteiger partial charge in [-0.1, -0.05) is 13.0 Å². The molecule has 9 heteroatoms. The van der Waals surface area contributed by atoms with Crippen molar-refractivity contribution in [2.45, 2.75) is 31.2 Å². The first-order valence-electron chi connectivity index (χ1n) is 8.98. The van der Waals surface area contributed by atoms with Crippen LogP contribution < -0.4 is 14.8 Å². The van der Waals surface area contributed by atoms with Gasteiger partial charge in [-0.3, -0.25) is 9.52 Å². The van der Waals surface area contributed by atoms with Crippen LogP contribution >= 0.6 is 0 Å². The number of amides is 1. The Balaban J connectivity index is 2.06. The maximum atomic E-state index is 12.6. The highest BCUT2D eigenvalue weighted by Crippen LogP contribution is 2.20. The number of benzene rings is 2. The van der Waals surface area contributed by atoms with Crippen molar-refractivity contribution in [3.8, 4) is 5.75 Å². The van der Waals surface area contributed by atoms with Gasteiger partial charge in [-0.2, -0.15) is 0 Å². The molecule has 2 aromatic carbocycles. The molecule has 0 saturated carbocycles. The molecule has 0 aromatic heterocycles. The van der Waals surface area contributed by atoms with E-state index in [1.165, 1.54) is 31.4 Å². The van der Waals surface area contributed by atoms with Gasteiger partial charge in [-0.25, -0.2) is 13.2 Å². The van der Waals surface area contributed by atoms with Crippen molar-refractivity contribution < 1.29 is 27.5 Å². The molecule has 0 aliphatic carbocycles. The number of esters is 1. The van der Waals surface area contributed by atoms with Crippen LogP contribution in [0.3, 0.4) is 0 Å². The lowest BCUT2D eigenvalue weighted by Crippen LogP contribution is -2.35. The molecule has 2 aromatic rings.